The van der Waals surface area contributed by atoms with E-state index in [1.807, 2.05) is 11.8 Å². The molecule has 6 heteroatoms. The predicted molar refractivity (Wildman–Crippen MR) is 60.3 cm³/mol. The van der Waals surface area contributed by atoms with E-state index in [-0.39, 0.29) is 12.1 Å². The summed E-state index contributed by atoms with van der Waals surface area (Å²) in [7, 11) is 0. The highest BCUT2D eigenvalue weighted by molar-refractivity contribution is 7.99. The fraction of sp³-hybridized carbons (Fsp3) is 0.800. The van der Waals surface area contributed by atoms with Crippen molar-refractivity contribution in [1.29, 1.82) is 0 Å². The van der Waals surface area contributed by atoms with Gasteiger partial charge in [-0.15, -0.1) is 0 Å². The van der Waals surface area contributed by atoms with Crippen LogP contribution in [0.15, 0.2) is 4.52 Å². The number of nitrogens with one attached hydrogen (secondary N) is 1. The van der Waals surface area contributed by atoms with Crippen LogP contribution in [0.4, 0.5) is 0 Å². The van der Waals surface area contributed by atoms with Crippen molar-refractivity contribution in [2.24, 2.45) is 0 Å². The van der Waals surface area contributed by atoms with Gasteiger partial charge in [0, 0.05) is 11.5 Å². The van der Waals surface area contributed by atoms with E-state index in [4.69, 9.17) is 9.26 Å². The topological polar surface area (TPSA) is 60.2 Å². The first-order valence-corrected chi connectivity index (χ1v) is 6.85. The number of thioether (sulfide) groups is 1. The Hall–Kier alpha value is -0.590. The second kappa shape index (κ2) is 4.73. The minimum Gasteiger partial charge on any atom is -0.368 e. The number of ether oxygens (including phenoxy) is 1. The third-order valence-electron chi connectivity index (χ3n) is 2.92. The van der Waals surface area contributed by atoms with Crippen LogP contribution in [0.25, 0.3) is 0 Å². The Morgan fingerprint density at radius 2 is 2.44 bits per heavy atom. The summed E-state index contributed by atoms with van der Waals surface area (Å²) in [6.45, 7) is 1.82. The van der Waals surface area contributed by atoms with E-state index in [1.54, 1.807) is 0 Å². The Kier molecular flexibility index (Phi) is 3.12. The molecule has 2 atom stereocenters. The molecule has 2 unspecified atom stereocenters. The van der Waals surface area contributed by atoms with Gasteiger partial charge in [-0.2, -0.15) is 16.7 Å². The van der Waals surface area contributed by atoms with Crippen LogP contribution in [0.3, 0.4) is 0 Å². The lowest BCUT2D eigenvalue weighted by Gasteiger charge is -2.18. The summed E-state index contributed by atoms with van der Waals surface area (Å²) in [5.74, 6) is 3.41. The van der Waals surface area contributed by atoms with Crippen LogP contribution in [0.1, 0.15) is 36.7 Å². The highest BCUT2D eigenvalue weighted by atomic mass is 32.2. The molecule has 5 nitrogen and oxygen atoms in total. The normalized spacial score (nSPS) is 30.8. The standard InChI is InChI=1S/C10H15N3O2S/c1-2-7(11-3-1)10-12-9(13-15-10)8-6-16-5-4-14-8/h7-8,11H,1-6H2. The Morgan fingerprint density at radius 1 is 1.44 bits per heavy atom. The third kappa shape index (κ3) is 2.09. The van der Waals surface area contributed by atoms with Gasteiger partial charge in [-0.1, -0.05) is 5.16 Å². The molecule has 0 spiro atoms. The van der Waals surface area contributed by atoms with Gasteiger partial charge in [-0.25, -0.2) is 0 Å². The second-order valence-electron chi connectivity index (χ2n) is 4.07. The van der Waals surface area contributed by atoms with Crippen LogP contribution >= 0.6 is 11.8 Å². The fourth-order valence-corrected chi connectivity index (χ4v) is 2.89. The van der Waals surface area contributed by atoms with Crippen molar-refractivity contribution in [3.05, 3.63) is 11.7 Å². The highest BCUT2D eigenvalue weighted by Crippen LogP contribution is 2.27. The first-order chi connectivity index (χ1) is 7.93. The third-order valence-corrected chi connectivity index (χ3v) is 3.91. The molecule has 16 heavy (non-hydrogen) atoms. The van der Waals surface area contributed by atoms with E-state index >= 15 is 0 Å². The first kappa shape index (κ1) is 10.6. The minimum absolute atomic E-state index is 0.0117. The molecule has 1 aromatic heterocycles. The molecule has 3 heterocycles. The summed E-state index contributed by atoms with van der Waals surface area (Å²) in [5.41, 5.74) is 0. The number of hydrogen-bond donors (Lipinski definition) is 1. The summed E-state index contributed by atoms with van der Waals surface area (Å²) in [5, 5.41) is 7.37. The number of aromatic nitrogens is 2. The molecule has 2 saturated heterocycles. The minimum atomic E-state index is 0.0117. The van der Waals surface area contributed by atoms with Gasteiger partial charge in [0.05, 0.1) is 12.6 Å². The van der Waals surface area contributed by atoms with Crippen LogP contribution in [-0.2, 0) is 4.74 Å². The number of rotatable bonds is 2. The van der Waals surface area contributed by atoms with E-state index in [1.165, 1.54) is 6.42 Å². The van der Waals surface area contributed by atoms with Crippen LogP contribution < -0.4 is 5.32 Å². The molecule has 1 N–H and O–H groups in total. The molecule has 2 aliphatic rings. The van der Waals surface area contributed by atoms with Gasteiger partial charge < -0.3 is 14.6 Å². The molecular weight excluding hydrogens is 226 g/mol. The zero-order valence-electron chi connectivity index (χ0n) is 9.02. The summed E-state index contributed by atoms with van der Waals surface area (Å²) in [6, 6.07) is 0.248. The van der Waals surface area contributed by atoms with E-state index in [2.05, 4.69) is 15.5 Å². The Labute approximate surface area is 98.3 Å². The lowest BCUT2D eigenvalue weighted by Crippen LogP contribution is -2.17. The molecule has 3 rings (SSSR count). The van der Waals surface area contributed by atoms with Crippen molar-refractivity contribution >= 4 is 11.8 Å². The molecule has 2 aliphatic heterocycles. The first-order valence-electron chi connectivity index (χ1n) is 5.70. The van der Waals surface area contributed by atoms with Gasteiger partial charge in [0.1, 0.15) is 6.10 Å². The maximum atomic E-state index is 5.61. The van der Waals surface area contributed by atoms with Gasteiger partial charge >= 0.3 is 0 Å². The zero-order valence-corrected chi connectivity index (χ0v) is 9.83. The van der Waals surface area contributed by atoms with Crippen LogP contribution in [-0.4, -0.2) is 34.8 Å². The van der Waals surface area contributed by atoms with E-state index < -0.39 is 0 Å². The van der Waals surface area contributed by atoms with Crippen molar-refractivity contribution < 1.29 is 9.26 Å². The van der Waals surface area contributed by atoms with Crippen molar-refractivity contribution in [1.82, 2.24) is 15.5 Å². The van der Waals surface area contributed by atoms with Gasteiger partial charge in [0.15, 0.2) is 0 Å². The number of nitrogens with zero attached hydrogens (tertiary/aromatic N) is 2. The van der Waals surface area contributed by atoms with Gasteiger partial charge in [-0.05, 0) is 19.4 Å². The maximum Gasteiger partial charge on any atom is 0.243 e. The van der Waals surface area contributed by atoms with Crippen molar-refractivity contribution in [3.8, 4) is 0 Å². The van der Waals surface area contributed by atoms with Gasteiger partial charge in [0.2, 0.25) is 11.7 Å². The molecule has 2 fully saturated rings. The summed E-state index contributed by atoms with van der Waals surface area (Å²) in [6.07, 6.45) is 2.28. The van der Waals surface area contributed by atoms with E-state index in [0.29, 0.717) is 11.7 Å². The van der Waals surface area contributed by atoms with Crippen molar-refractivity contribution in [2.45, 2.75) is 25.0 Å². The zero-order chi connectivity index (χ0) is 10.8. The van der Waals surface area contributed by atoms with E-state index in [9.17, 15) is 0 Å². The van der Waals surface area contributed by atoms with Crippen molar-refractivity contribution in [3.63, 3.8) is 0 Å². The monoisotopic (exact) mass is 241 g/mol. The average molecular weight is 241 g/mol. The van der Waals surface area contributed by atoms with Crippen LogP contribution in [0, 0.1) is 0 Å². The largest absolute Gasteiger partial charge is 0.368 e. The smallest absolute Gasteiger partial charge is 0.243 e. The summed E-state index contributed by atoms with van der Waals surface area (Å²) in [4.78, 5) is 4.44. The number of hydrogen-bond acceptors (Lipinski definition) is 6. The van der Waals surface area contributed by atoms with Crippen LogP contribution in [0.2, 0.25) is 0 Å². The molecule has 88 valence electrons. The molecule has 1 aromatic rings. The quantitative estimate of drug-likeness (QED) is 0.842. The van der Waals surface area contributed by atoms with Crippen LogP contribution in [0.5, 0.6) is 0 Å². The average Bonchev–Trinajstić information content (AvgIpc) is 3.01. The SMILES string of the molecule is C1CNC(c2nc(C3CSCCO3)no2)C1. The molecule has 0 amide bonds. The van der Waals surface area contributed by atoms with E-state index in [0.717, 1.165) is 31.1 Å². The molecule has 0 aromatic carbocycles. The summed E-state index contributed by atoms with van der Waals surface area (Å²) >= 11 is 1.88. The Bertz CT molecular complexity index is 346. The van der Waals surface area contributed by atoms with Gasteiger partial charge in [0.25, 0.3) is 0 Å². The Morgan fingerprint density at radius 3 is 3.19 bits per heavy atom. The predicted octanol–water partition coefficient (Wildman–Crippen LogP) is 1.30. The lowest BCUT2D eigenvalue weighted by atomic mass is 10.2. The maximum absolute atomic E-state index is 5.61. The molecule has 0 radical (unpaired) electrons. The second-order valence-corrected chi connectivity index (χ2v) is 5.22. The van der Waals surface area contributed by atoms with Gasteiger partial charge in [-0.3, -0.25) is 0 Å². The highest BCUT2D eigenvalue weighted by Gasteiger charge is 2.26. The molecular formula is C10H15N3O2S. The molecule has 0 saturated carbocycles. The lowest BCUT2D eigenvalue weighted by molar-refractivity contribution is 0.0677. The molecule has 0 bridgehead atoms. The fourth-order valence-electron chi connectivity index (χ4n) is 2.05. The molecule has 0 aliphatic carbocycles. The summed E-state index contributed by atoms with van der Waals surface area (Å²) < 4.78 is 10.9. The Balaban J connectivity index is 1.71. The van der Waals surface area contributed by atoms with Crippen molar-refractivity contribution in [2.75, 3.05) is 24.7 Å².